The van der Waals surface area contributed by atoms with Crippen LogP contribution in [0.15, 0.2) is 6.07 Å². The fourth-order valence-corrected chi connectivity index (χ4v) is 2.43. The molecule has 7 nitrogen and oxygen atoms in total. The lowest BCUT2D eigenvalue weighted by molar-refractivity contribution is -0.142. The number of esters is 1. The van der Waals surface area contributed by atoms with E-state index in [1.165, 1.54) is 7.11 Å². The highest BCUT2D eigenvalue weighted by Gasteiger charge is 2.41. The Hall–Kier alpha value is -2.18. The first-order valence-electron chi connectivity index (χ1n) is 6.42. The van der Waals surface area contributed by atoms with Gasteiger partial charge in [-0.25, -0.2) is 19.6 Å². The maximum absolute atomic E-state index is 11.5. The Morgan fingerprint density at radius 3 is 2.55 bits per heavy atom. The average molecular weight is 279 g/mol. The summed E-state index contributed by atoms with van der Waals surface area (Å²) in [6.07, 6.45) is 2.79. The largest absolute Gasteiger partial charge is 0.480 e. The maximum Gasteiger partial charge on any atom is 0.376 e. The molecule has 1 aromatic heterocycles. The third-order valence-corrected chi connectivity index (χ3v) is 3.46. The molecular weight excluding hydrogens is 262 g/mol. The van der Waals surface area contributed by atoms with Crippen molar-refractivity contribution < 1.29 is 19.4 Å². The van der Waals surface area contributed by atoms with Gasteiger partial charge in [0.2, 0.25) is 5.82 Å². The molecular formula is C13H17N3O4. The number of carbonyl (C=O) groups excluding carboxylic acids is 1. The number of aromatic nitrogens is 2. The zero-order chi connectivity index (χ0) is 14.8. The summed E-state index contributed by atoms with van der Waals surface area (Å²) < 4.78 is 4.58. The molecule has 1 aromatic rings. The number of nitrogens with zero attached hydrogens (tertiary/aromatic N) is 2. The van der Waals surface area contributed by atoms with Crippen LogP contribution in [0, 0.1) is 6.92 Å². The maximum atomic E-state index is 11.5. The van der Waals surface area contributed by atoms with Crippen LogP contribution in [0.5, 0.6) is 0 Å². The predicted molar refractivity (Wildman–Crippen MR) is 70.6 cm³/mol. The van der Waals surface area contributed by atoms with Crippen molar-refractivity contribution in [2.75, 3.05) is 12.4 Å². The van der Waals surface area contributed by atoms with Crippen LogP contribution >= 0.6 is 0 Å². The second kappa shape index (κ2) is 5.44. The molecule has 0 aliphatic heterocycles. The van der Waals surface area contributed by atoms with E-state index in [0.717, 1.165) is 12.8 Å². The Bertz CT molecular complexity index is 538. The van der Waals surface area contributed by atoms with E-state index in [-0.39, 0.29) is 5.82 Å². The van der Waals surface area contributed by atoms with Crippen LogP contribution in [-0.4, -0.2) is 39.7 Å². The standard InChI is InChI=1S/C13H17N3O4/c1-8-7-9(15-10(14-8)11(17)20-2)16-13(12(18)19)5-3-4-6-13/h7H,3-6H2,1-2H3,(H,18,19)(H,14,15,16). The van der Waals surface area contributed by atoms with Crippen molar-refractivity contribution in [1.82, 2.24) is 9.97 Å². The lowest BCUT2D eigenvalue weighted by atomic mass is 9.98. The number of hydrogen-bond acceptors (Lipinski definition) is 6. The van der Waals surface area contributed by atoms with Crippen molar-refractivity contribution in [2.24, 2.45) is 0 Å². The molecule has 20 heavy (non-hydrogen) atoms. The molecule has 1 heterocycles. The molecule has 0 atom stereocenters. The zero-order valence-electron chi connectivity index (χ0n) is 11.5. The number of carboxylic acid groups (broad SMARTS) is 1. The van der Waals surface area contributed by atoms with Crippen LogP contribution < -0.4 is 5.32 Å². The molecule has 108 valence electrons. The summed E-state index contributed by atoms with van der Waals surface area (Å²) in [5.41, 5.74) is -0.435. The summed E-state index contributed by atoms with van der Waals surface area (Å²) in [6.45, 7) is 1.71. The topological polar surface area (TPSA) is 101 Å². The number of methoxy groups -OCH3 is 1. The molecule has 0 saturated heterocycles. The van der Waals surface area contributed by atoms with Gasteiger partial charge in [0, 0.05) is 11.8 Å². The Balaban J connectivity index is 2.31. The van der Waals surface area contributed by atoms with E-state index in [9.17, 15) is 14.7 Å². The molecule has 1 saturated carbocycles. The molecule has 0 unspecified atom stereocenters. The number of nitrogens with one attached hydrogen (secondary N) is 1. The summed E-state index contributed by atoms with van der Waals surface area (Å²) >= 11 is 0. The number of ether oxygens (including phenoxy) is 1. The smallest absolute Gasteiger partial charge is 0.376 e. The van der Waals surface area contributed by atoms with Crippen LogP contribution in [0.25, 0.3) is 0 Å². The summed E-state index contributed by atoms with van der Waals surface area (Å²) in [4.78, 5) is 31.0. The third-order valence-electron chi connectivity index (χ3n) is 3.46. The van der Waals surface area contributed by atoms with E-state index in [1.807, 2.05) is 0 Å². The Labute approximate surface area is 116 Å². The average Bonchev–Trinajstić information content (AvgIpc) is 2.87. The van der Waals surface area contributed by atoms with E-state index >= 15 is 0 Å². The minimum Gasteiger partial charge on any atom is -0.480 e. The fourth-order valence-electron chi connectivity index (χ4n) is 2.43. The lowest BCUT2D eigenvalue weighted by Crippen LogP contribution is -2.44. The van der Waals surface area contributed by atoms with E-state index < -0.39 is 17.5 Å². The zero-order valence-corrected chi connectivity index (χ0v) is 11.5. The predicted octanol–water partition coefficient (Wildman–Crippen LogP) is 1.38. The molecule has 0 amide bonds. The first-order chi connectivity index (χ1) is 9.47. The molecule has 1 aliphatic carbocycles. The minimum atomic E-state index is -1.01. The number of rotatable bonds is 4. The molecule has 0 bridgehead atoms. The van der Waals surface area contributed by atoms with Crippen molar-refractivity contribution in [3.63, 3.8) is 0 Å². The van der Waals surface area contributed by atoms with Gasteiger partial charge in [-0.05, 0) is 19.8 Å². The molecule has 7 heteroatoms. The summed E-state index contributed by atoms with van der Waals surface area (Å²) in [7, 11) is 1.25. The summed E-state index contributed by atoms with van der Waals surface area (Å²) in [5.74, 6) is -1.28. The number of aliphatic carboxylic acids is 1. The molecule has 2 rings (SSSR count). The van der Waals surface area contributed by atoms with Gasteiger partial charge >= 0.3 is 11.9 Å². The van der Waals surface area contributed by atoms with Crippen molar-refractivity contribution in [3.05, 3.63) is 17.6 Å². The molecule has 0 radical (unpaired) electrons. The van der Waals surface area contributed by atoms with Gasteiger partial charge in [0.25, 0.3) is 0 Å². The van der Waals surface area contributed by atoms with Crippen LogP contribution in [0.2, 0.25) is 0 Å². The Morgan fingerprint density at radius 2 is 2.00 bits per heavy atom. The quantitative estimate of drug-likeness (QED) is 0.803. The van der Waals surface area contributed by atoms with Crippen molar-refractivity contribution in [2.45, 2.75) is 38.1 Å². The number of carboxylic acids is 1. The highest BCUT2D eigenvalue weighted by Crippen LogP contribution is 2.33. The Kier molecular flexibility index (Phi) is 3.87. The van der Waals surface area contributed by atoms with Crippen molar-refractivity contribution in [1.29, 1.82) is 0 Å². The van der Waals surface area contributed by atoms with Gasteiger partial charge in [-0.15, -0.1) is 0 Å². The van der Waals surface area contributed by atoms with Gasteiger partial charge < -0.3 is 15.2 Å². The van der Waals surface area contributed by atoms with Gasteiger partial charge in [0.05, 0.1) is 7.11 Å². The highest BCUT2D eigenvalue weighted by molar-refractivity contribution is 5.86. The molecule has 0 aromatic carbocycles. The summed E-state index contributed by atoms with van der Waals surface area (Å²) in [5, 5.41) is 12.4. The van der Waals surface area contributed by atoms with Gasteiger partial charge in [0.15, 0.2) is 0 Å². The molecule has 1 fully saturated rings. The summed E-state index contributed by atoms with van der Waals surface area (Å²) in [6, 6.07) is 1.62. The first kappa shape index (κ1) is 14.2. The van der Waals surface area contributed by atoms with E-state index in [1.54, 1.807) is 13.0 Å². The van der Waals surface area contributed by atoms with Crippen LogP contribution in [0.3, 0.4) is 0 Å². The van der Waals surface area contributed by atoms with Gasteiger partial charge in [0.1, 0.15) is 11.4 Å². The Morgan fingerprint density at radius 1 is 1.35 bits per heavy atom. The van der Waals surface area contributed by atoms with Crippen LogP contribution in [0.1, 0.15) is 42.0 Å². The number of carbonyl (C=O) groups is 2. The SMILES string of the molecule is COC(=O)c1nc(C)cc(NC2(C(=O)O)CCCC2)n1. The molecule has 2 N–H and O–H groups in total. The second-order valence-electron chi connectivity index (χ2n) is 4.93. The van der Waals surface area contributed by atoms with Crippen LogP contribution in [-0.2, 0) is 9.53 Å². The number of anilines is 1. The number of aryl methyl sites for hydroxylation is 1. The van der Waals surface area contributed by atoms with Crippen molar-refractivity contribution >= 4 is 17.8 Å². The van der Waals surface area contributed by atoms with Gasteiger partial charge in [-0.1, -0.05) is 12.8 Å². The van der Waals surface area contributed by atoms with E-state index in [4.69, 9.17) is 0 Å². The van der Waals surface area contributed by atoms with Crippen molar-refractivity contribution in [3.8, 4) is 0 Å². The van der Waals surface area contributed by atoms with Gasteiger partial charge in [-0.3, -0.25) is 0 Å². The highest BCUT2D eigenvalue weighted by atomic mass is 16.5. The number of hydrogen-bond donors (Lipinski definition) is 2. The lowest BCUT2D eigenvalue weighted by Gasteiger charge is -2.26. The van der Waals surface area contributed by atoms with E-state index in [0.29, 0.717) is 24.4 Å². The van der Waals surface area contributed by atoms with Crippen LogP contribution in [0.4, 0.5) is 5.82 Å². The molecule has 1 aliphatic rings. The normalized spacial score (nSPS) is 16.7. The second-order valence-corrected chi connectivity index (χ2v) is 4.93. The van der Waals surface area contributed by atoms with Gasteiger partial charge in [-0.2, -0.15) is 0 Å². The fraction of sp³-hybridized carbons (Fsp3) is 0.538. The third kappa shape index (κ3) is 2.71. The minimum absolute atomic E-state index is 0.0754. The molecule has 0 spiro atoms. The first-order valence-corrected chi connectivity index (χ1v) is 6.42. The monoisotopic (exact) mass is 279 g/mol. The van der Waals surface area contributed by atoms with E-state index in [2.05, 4.69) is 20.0 Å².